The van der Waals surface area contributed by atoms with Crippen LogP contribution in [0.25, 0.3) is 0 Å². The van der Waals surface area contributed by atoms with Gasteiger partial charge in [0.2, 0.25) is 0 Å². The molecular weight excluding hydrogens is 396 g/mol. The molecule has 2 aromatic rings. The van der Waals surface area contributed by atoms with Crippen molar-refractivity contribution in [3.05, 3.63) is 63.6 Å². The molecule has 6 heteroatoms. The quantitative estimate of drug-likeness (QED) is 0.421. The van der Waals surface area contributed by atoms with E-state index in [9.17, 15) is 4.79 Å². The van der Waals surface area contributed by atoms with Crippen molar-refractivity contribution in [1.82, 2.24) is 5.43 Å². The zero-order chi connectivity index (χ0) is 16.8. The zero-order valence-corrected chi connectivity index (χ0v) is 15.9. The fraction of sp³-hybridized carbons (Fsp3) is 0.176. The number of amides is 1. The molecule has 120 valence electrons. The van der Waals surface area contributed by atoms with Gasteiger partial charge in [-0.3, -0.25) is 4.79 Å². The highest BCUT2D eigenvalue weighted by Gasteiger charge is 2.14. The van der Waals surface area contributed by atoms with Gasteiger partial charge in [0.15, 0.2) is 0 Å². The summed E-state index contributed by atoms with van der Waals surface area (Å²) < 4.78 is 0.975. The predicted octanol–water partition coefficient (Wildman–Crippen LogP) is 5.12. The number of halogens is 2. The van der Waals surface area contributed by atoms with Gasteiger partial charge in [-0.25, -0.2) is 5.43 Å². The first-order chi connectivity index (χ1) is 11.0. The Balaban J connectivity index is 1.95. The molecule has 0 bridgehead atoms. The average molecular weight is 412 g/mol. The molecule has 1 atom stereocenters. The largest absolute Gasteiger partial charge is 0.272 e. The van der Waals surface area contributed by atoms with Gasteiger partial charge >= 0.3 is 0 Å². The molecule has 0 saturated heterocycles. The average Bonchev–Trinajstić information content (AvgIpc) is 2.54. The molecule has 0 aromatic heterocycles. The third-order valence-corrected chi connectivity index (χ3v) is 4.93. The van der Waals surface area contributed by atoms with Gasteiger partial charge in [0.05, 0.1) is 11.0 Å². The summed E-state index contributed by atoms with van der Waals surface area (Å²) in [5.74, 6) is -0.140. The Kier molecular flexibility index (Phi) is 6.69. The maximum absolute atomic E-state index is 12.1. The third-order valence-electron chi connectivity index (χ3n) is 3.07. The molecule has 3 nitrogen and oxygen atoms in total. The maximum atomic E-state index is 12.1. The first-order valence-corrected chi connectivity index (χ1v) is 9.03. The summed E-state index contributed by atoms with van der Waals surface area (Å²) in [5, 5.41) is 4.60. The van der Waals surface area contributed by atoms with E-state index >= 15 is 0 Å². The lowest BCUT2D eigenvalue weighted by Crippen LogP contribution is -2.27. The molecule has 0 fully saturated rings. The van der Waals surface area contributed by atoms with Crippen LogP contribution in [-0.4, -0.2) is 16.9 Å². The fourth-order valence-corrected chi connectivity index (χ4v) is 3.17. The van der Waals surface area contributed by atoms with E-state index in [0.29, 0.717) is 5.02 Å². The normalized spacial score (nSPS) is 12.8. The van der Waals surface area contributed by atoms with Crippen molar-refractivity contribution in [2.24, 2.45) is 5.10 Å². The smallest absolute Gasteiger partial charge is 0.253 e. The molecule has 0 radical (unpaired) electrons. The van der Waals surface area contributed by atoms with Crippen molar-refractivity contribution < 1.29 is 4.79 Å². The van der Waals surface area contributed by atoms with E-state index in [-0.39, 0.29) is 11.2 Å². The predicted molar refractivity (Wildman–Crippen MR) is 101 cm³/mol. The summed E-state index contributed by atoms with van der Waals surface area (Å²) in [6.07, 6.45) is 0. The van der Waals surface area contributed by atoms with Crippen LogP contribution >= 0.6 is 39.3 Å². The van der Waals surface area contributed by atoms with Crippen molar-refractivity contribution in [3.63, 3.8) is 0 Å². The topological polar surface area (TPSA) is 41.5 Å². The highest BCUT2D eigenvalue weighted by Crippen LogP contribution is 2.24. The molecule has 0 saturated carbocycles. The van der Waals surface area contributed by atoms with E-state index in [0.717, 1.165) is 20.6 Å². The summed E-state index contributed by atoms with van der Waals surface area (Å²) in [6, 6.07) is 15.2. The Bertz CT molecular complexity index is 719. The fourth-order valence-electron chi connectivity index (χ4n) is 1.78. The molecule has 1 unspecified atom stereocenters. The highest BCUT2D eigenvalue weighted by atomic mass is 79.9. The number of rotatable bonds is 5. The van der Waals surface area contributed by atoms with Crippen LogP contribution in [0.3, 0.4) is 0 Å². The Labute approximate surface area is 153 Å². The van der Waals surface area contributed by atoms with Crippen LogP contribution in [-0.2, 0) is 4.79 Å². The van der Waals surface area contributed by atoms with Crippen molar-refractivity contribution >= 4 is 50.9 Å². The molecule has 0 heterocycles. The monoisotopic (exact) mass is 410 g/mol. The second-order valence-corrected chi connectivity index (χ2v) is 7.66. The standard InChI is InChI=1S/C17H16BrClN2OS/c1-11(13-4-3-5-14(18)10-13)20-21-17(22)12(2)23-16-8-6-15(19)7-9-16/h3-10,12H,1-2H3,(H,21,22)/b20-11+. The van der Waals surface area contributed by atoms with E-state index in [4.69, 9.17) is 11.6 Å². The molecule has 2 aromatic carbocycles. The van der Waals surface area contributed by atoms with Crippen LogP contribution in [0.5, 0.6) is 0 Å². The van der Waals surface area contributed by atoms with Gasteiger partial charge in [0.25, 0.3) is 5.91 Å². The van der Waals surface area contributed by atoms with Crippen LogP contribution in [0, 0.1) is 0 Å². The molecule has 0 aliphatic heterocycles. The van der Waals surface area contributed by atoms with Gasteiger partial charge in [-0.2, -0.15) is 5.10 Å². The molecule has 0 spiro atoms. The van der Waals surface area contributed by atoms with Crippen LogP contribution < -0.4 is 5.43 Å². The minimum Gasteiger partial charge on any atom is -0.272 e. The number of hydrogen-bond donors (Lipinski definition) is 1. The Morgan fingerprint density at radius 2 is 1.96 bits per heavy atom. The molecule has 0 aliphatic carbocycles. The molecule has 23 heavy (non-hydrogen) atoms. The number of nitrogens with one attached hydrogen (secondary N) is 1. The number of thioether (sulfide) groups is 1. The molecule has 0 aliphatic rings. The lowest BCUT2D eigenvalue weighted by molar-refractivity contribution is -0.120. The van der Waals surface area contributed by atoms with Crippen LogP contribution in [0.1, 0.15) is 19.4 Å². The summed E-state index contributed by atoms with van der Waals surface area (Å²) in [5.41, 5.74) is 4.33. The second-order valence-electron chi connectivity index (χ2n) is 4.90. The van der Waals surface area contributed by atoms with Crippen molar-refractivity contribution in [3.8, 4) is 0 Å². The summed E-state index contributed by atoms with van der Waals surface area (Å²) in [6.45, 7) is 3.71. The molecule has 2 rings (SSSR count). The Morgan fingerprint density at radius 3 is 2.61 bits per heavy atom. The maximum Gasteiger partial charge on any atom is 0.253 e. The van der Waals surface area contributed by atoms with Gasteiger partial charge < -0.3 is 0 Å². The first-order valence-electron chi connectivity index (χ1n) is 6.98. The number of hydrogen-bond acceptors (Lipinski definition) is 3. The van der Waals surface area contributed by atoms with E-state index in [1.807, 2.05) is 62.4 Å². The van der Waals surface area contributed by atoms with E-state index in [1.54, 1.807) is 0 Å². The van der Waals surface area contributed by atoms with Gasteiger partial charge in [-0.05, 0) is 55.8 Å². The van der Waals surface area contributed by atoms with E-state index < -0.39 is 0 Å². The number of hydrazone groups is 1. The van der Waals surface area contributed by atoms with Crippen molar-refractivity contribution in [1.29, 1.82) is 0 Å². The summed E-state index contributed by atoms with van der Waals surface area (Å²) >= 11 is 10.7. The second kappa shape index (κ2) is 8.52. The van der Waals surface area contributed by atoms with E-state index in [1.165, 1.54) is 11.8 Å². The lowest BCUT2D eigenvalue weighted by Gasteiger charge is -2.10. The van der Waals surface area contributed by atoms with Crippen LogP contribution in [0.4, 0.5) is 0 Å². The van der Waals surface area contributed by atoms with Gasteiger partial charge in [-0.15, -0.1) is 11.8 Å². The molecular formula is C17H16BrClN2OS. The van der Waals surface area contributed by atoms with Gasteiger partial charge in [0.1, 0.15) is 0 Å². The van der Waals surface area contributed by atoms with E-state index in [2.05, 4.69) is 26.5 Å². The van der Waals surface area contributed by atoms with Crippen molar-refractivity contribution in [2.45, 2.75) is 24.0 Å². The number of carbonyl (C=O) groups excluding carboxylic acids is 1. The number of nitrogens with zero attached hydrogens (tertiary/aromatic N) is 1. The van der Waals surface area contributed by atoms with Crippen molar-refractivity contribution in [2.75, 3.05) is 0 Å². The lowest BCUT2D eigenvalue weighted by atomic mass is 10.1. The first kappa shape index (κ1) is 18.0. The Morgan fingerprint density at radius 1 is 1.26 bits per heavy atom. The highest BCUT2D eigenvalue weighted by molar-refractivity contribution is 9.10. The van der Waals surface area contributed by atoms with Crippen LogP contribution in [0.15, 0.2) is 63.0 Å². The Hall–Kier alpha value is -1.30. The number of benzene rings is 2. The SMILES string of the molecule is C/C(=N\NC(=O)C(C)Sc1ccc(Cl)cc1)c1cccc(Br)c1. The number of carbonyl (C=O) groups is 1. The van der Waals surface area contributed by atoms with Gasteiger partial charge in [0, 0.05) is 14.4 Å². The molecule has 1 amide bonds. The molecule has 1 N–H and O–H groups in total. The minimum atomic E-state index is -0.254. The van der Waals surface area contributed by atoms with Gasteiger partial charge in [-0.1, -0.05) is 39.7 Å². The zero-order valence-electron chi connectivity index (χ0n) is 12.7. The minimum absolute atomic E-state index is 0.140. The summed E-state index contributed by atoms with van der Waals surface area (Å²) in [4.78, 5) is 13.1. The summed E-state index contributed by atoms with van der Waals surface area (Å²) in [7, 11) is 0. The third kappa shape index (κ3) is 5.68. The van der Waals surface area contributed by atoms with Crippen LogP contribution in [0.2, 0.25) is 5.02 Å².